The second-order valence-electron chi connectivity index (χ2n) is 11.0. The topological polar surface area (TPSA) is 32.3 Å². The quantitative estimate of drug-likeness (QED) is 0.142. The van der Waals surface area contributed by atoms with Gasteiger partial charge in [-0.3, -0.25) is 4.90 Å². The van der Waals surface area contributed by atoms with Gasteiger partial charge < -0.3 is 4.90 Å². The molecule has 0 aliphatic heterocycles. The van der Waals surface area contributed by atoms with Gasteiger partial charge in [0.1, 0.15) is 10.0 Å². The van der Waals surface area contributed by atoms with Gasteiger partial charge in [0.25, 0.3) is 0 Å². The number of thiazole rings is 2. The molecule has 0 fully saturated rings. The van der Waals surface area contributed by atoms with Gasteiger partial charge in [0.15, 0.2) is 0 Å². The first-order chi connectivity index (χ1) is 19.4. The molecule has 0 aliphatic rings. The van der Waals surface area contributed by atoms with Crippen LogP contribution in [0.3, 0.4) is 0 Å². The number of hydrogen-bond donors (Lipinski definition) is 0. The molecule has 0 saturated heterocycles. The van der Waals surface area contributed by atoms with E-state index in [-0.39, 0.29) is 0 Å². The van der Waals surface area contributed by atoms with E-state index in [1.807, 2.05) is 12.4 Å². The number of aromatic nitrogens is 2. The Morgan fingerprint density at radius 3 is 1.70 bits per heavy atom. The molecule has 0 spiro atoms. The summed E-state index contributed by atoms with van der Waals surface area (Å²) in [6.07, 6.45) is 8.54. The monoisotopic (exact) mass is 572 g/mol. The number of benzene rings is 2. The van der Waals surface area contributed by atoms with Crippen LogP contribution >= 0.6 is 22.7 Å². The molecule has 4 aromatic rings. The zero-order valence-corrected chi connectivity index (χ0v) is 26.5. The first-order valence-electron chi connectivity index (χ1n) is 14.6. The van der Waals surface area contributed by atoms with Crippen molar-refractivity contribution >= 4 is 22.7 Å². The summed E-state index contributed by atoms with van der Waals surface area (Å²) in [7, 11) is 2.16. The Labute approximate surface area is 249 Å². The van der Waals surface area contributed by atoms with Crippen molar-refractivity contribution in [1.29, 1.82) is 0 Å². The molecular weight excluding hydrogens is 529 g/mol. The molecule has 4 nitrogen and oxygen atoms in total. The van der Waals surface area contributed by atoms with Gasteiger partial charge in [0.05, 0.1) is 22.8 Å². The van der Waals surface area contributed by atoms with Crippen LogP contribution in [0.25, 0.3) is 32.0 Å². The lowest BCUT2D eigenvalue weighted by Crippen LogP contribution is -2.23. The summed E-state index contributed by atoms with van der Waals surface area (Å²) in [6.45, 7) is 17.3. The predicted octanol–water partition coefficient (Wildman–Crippen LogP) is 9.60. The smallest absolute Gasteiger partial charge is 0.112 e. The number of nitrogens with zero attached hydrogens (tertiary/aromatic N) is 4. The third-order valence-electron chi connectivity index (χ3n) is 7.07. The van der Waals surface area contributed by atoms with E-state index in [0.29, 0.717) is 5.92 Å². The van der Waals surface area contributed by atoms with Crippen molar-refractivity contribution in [2.75, 3.05) is 20.1 Å². The van der Waals surface area contributed by atoms with Crippen LogP contribution in [0.15, 0.2) is 73.2 Å². The highest BCUT2D eigenvalue weighted by Gasteiger charge is 2.13. The van der Waals surface area contributed by atoms with E-state index < -0.39 is 0 Å². The van der Waals surface area contributed by atoms with Gasteiger partial charge in [-0.15, -0.1) is 22.7 Å². The second-order valence-corrected chi connectivity index (χ2v) is 13.3. The van der Waals surface area contributed by atoms with Crippen molar-refractivity contribution in [2.24, 2.45) is 5.92 Å². The largest absolute Gasteiger partial charge is 0.369 e. The van der Waals surface area contributed by atoms with E-state index in [4.69, 9.17) is 4.98 Å². The number of rotatable bonds is 15. The van der Waals surface area contributed by atoms with E-state index >= 15 is 0 Å². The first kappa shape index (κ1) is 30.2. The lowest BCUT2D eigenvalue weighted by Gasteiger charge is -2.26. The molecule has 2 heterocycles. The Kier molecular flexibility index (Phi) is 11.1. The zero-order valence-electron chi connectivity index (χ0n) is 24.8. The molecule has 0 saturated carbocycles. The maximum absolute atomic E-state index is 4.77. The van der Waals surface area contributed by atoms with Crippen molar-refractivity contribution in [3.63, 3.8) is 0 Å². The molecule has 40 heavy (non-hydrogen) atoms. The van der Waals surface area contributed by atoms with Crippen molar-refractivity contribution in [3.8, 4) is 32.0 Å². The maximum Gasteiger partial charge on any atom is 0.112 e. The summed E-state index contributed by atoms with van der Waals surface area (Å²) in [5, 5.41) is 2.32. The SMILES string of the molecule is C=C(CCC(C)C)N(CCC)Cc1ncc(-c2ccc(-c3ccc(-c4cnc(CN(C)CCC)s4)cc3)cc2)s1. The van der Waals surface area contributed by atoms with Crippen LogP contribution in [-0.4, -0.2) is 39.9 Å². The Bertz CT molecular complexity index is 1340. The highest BCUT2D eigenvalue weighted by Crippen LogP contribution is 2.32. The zero-order chi connectivity index (χ0) is 28.5. The van der Waals surface area contributed by atoms with Gasteiger partial charge in [-0.2, -0.15) is 0 Å². The normalized spacial score (nSPS) is 11.5. The van der Waals surface area contributed by atoms with Gasteiger partial charge in [0, 0.05) is 24.6 Å². The fourth-order valence-electron chi connectivity index (χ4n) is 4.77. The molecule has 0 atom stereocenters. The molecule has 212 valence electrons. The standard InChI is InChI=1S/C34H44N4S2/c1-7-19-37(6)23-33-35-21-31(39-33)29-15-11-27(12-16-29)28-13-17-30(18-14-28)32-22-36-34(40-32)24-38(20-8-2)26(5)10-9-25(3)4/h11-18,21-22,25H,5,7-10,19-20,23-24H2,1-4,6H3. The van der Waals surface area contributed by atoms with Crippen LogP contribution in [0.4, 0.5) is 0 Å². The summed E-state index contributed by atoms with van der Waals surface area (Å²) >= 11 is 3.58. The summed E-state index contributed by atoms with van der Waals surface area (Å²) in [6, 6.07) is 17.7. The van der Waals surface area contributed by atoms with Crippen LogP contribution in [-0.2, 0) is 13.1 Å². The Hall–Kier alpha value is -2.80. The fourth-order valence-corrected chi connectivity index (χ4v) is 6.72. The lowest BCUT2D eigenvalue weighted by atomic mass is 10.0. The van der Waals surface area contributed by atoms with E-state index in [1.54, 1.807) is 22.7 Å². The Morgan fingerprint density at radius 1 is 0.750 bits per heavy atom. The van der Waals surface area contributed by atoms with Crippen LogP contribution in [0.2, 0.25) is 0 Å². The molecule has 0 N–H and O–H groups in total. The van der Waals surface area contributed by atoms with Gasteiger partial charge in [-0.1, -0.05) is 82.8 Å². The van der Waals surface area contributed by atoms with Crippen molar-refractivity contribution in [3.05, 3.63) is 83.2 Å². The molecule has 0 radical (unpaired) electrons. The molecular formula is C34H44N4S2. The molecule has 0 unspecified atom stereocenters. The van der Waals surface area contributed by atoms with Crippen molar-refractivity contribution < 1.29 is 0 Å². The Balaban J connectivity index is 1.39. The van der Waals surface area contributed by atoms with Gasteiger partial charge in [-0.25, -0.2) is 9.97 Å². The van der Waals surface area contributed by atoms with E-state index in [2.05, 4.69) is 105 Å². The molecule has 0 amide bonds. The highest BCUT2D eigenvalue weighted by atomic mass is 32.1. The van der Waals surface area contributed by atoms with Crippen LogP contribution in [0.1, 0.15) is 63.4 Å². The predicted molar refractivity (Wildman–Crippen MR) is 175 cm³/mol. The van der Waals surface area contributed by atoms with Crippen LogP contribution < -0.4 is 0 Å². The maximum atomic E-state index is 4.77. The van der Waals surface area contributed by atoms with E-state index in [9.17, 15) is 0 Å². The Morgan fingerprint density at radius 2 is 1.23 bits per heavy atom. The van der Waals surface area contributed by atoms with Crippen molar-refractivity contribution in [1.82, 2.24) is 19.8 Å². The average Bonchev–Trinajstić information content (AvgIpc) is 3.62. The summed E-state index contributed by atoms with van der Waals surface area (Å²) in [5.74, 6) is 0.696. The van der Waals surface area contributed by atoms with Crippen LogP contribution in [0.5, 0.6) is 0 Å². The van der Waals surface area contributed by atoms with Crippen molar-refractivity contribution in [2.45, 2.75) is 66.5 Å². The average molecular weight is 573 g/mol. The number of allylic oxidation sites excluding steroid dienone is 1. The molecule has 6 heteroatoms. The molecule has 2 aromatic carbocycles. The molecule has 4 rings (SSSR count). The van der Waals surface area contributed by atoms with Gasteiger partial charge in [-0.05, 0) is 67.4 Å². The molecule has 2 aromatic heterocycles. The molecule has 0 bridgehead atoms. The molecule has 0 aliphatic carbocycles. The highest BCUT2D eigenvalue weighted by molar-refractivity contribution is 7.15. The number of hydrogen-bond acceptors (Lipinski definition) is 6. The minimum Gasteiger partial charge on any atom is -0.369 e. The third-order valence-corrected chi connectivity index (χ3v) is 9.13. The first-order valence-corrected chi connectivity index (χ1v) is 16.2. The van der Waals surface area contributed by atoms with Gasteiger partial charge in [0.2, 0.25) is 0 Å². The van der Waals surface area contributed by atoms with Crippen LogP contribution in [0, 0.1) is 5.92 Å². The fraction of sp³-hybridized carbons (Fsp3) is 0.412. The van der Waals surface area contributed by atoms with E-state index in [1.165, 1.54) is 49.1 Å². The second kappa shape index (κ2) is 14.7. The minimum absolute atomic E-state index is 0.696. The summed E-state index contributed by atoms with van der Waals surface area (Å²) in [5.41, 5.74) is 6.13. The summed E-state index contributed by atoms with van der Waals surface area (Å²) in [4.78, 5) is 16.6. The van der Waals surface area contributed by atoms with Gasteiger partial charge >= 0.3 is 0 Å². The lowest BCUT2D eigenvalue weighted by molar-refractivity contribution is 0.319. The van der Waals surface area contributed by atoms with E-state index in [0.717, 1.165) is 50.4 Å². The summed E-state index contributed by atoms with van der Waals surface area (Å²) < 4.78 is 0. The minimum atomic E-state index is 0.696. The third kappa shape index (κ3) is 8.35.